The first kappa shape index (κ1) is 32.0. The SMILES string of the molecule is Cc1cc(C2C3=CCC4C(=O)N(Cc5ccccc5)C(=O)C4C3CC3C(=O)N(Nc4ccc(F)cc4)C(=O)C32c2ccc(Cl)cc2)ccc1O. The smallest absolute Gasteiger partial charge is 0.260 e. The summed E-state index contributed by atoms with van der Waals surface area (Å²) in [6, 6.07) is 26.8. The molecule has 3 fully saturated rings. The number of likely N-dealkylation sites (tertiary alicyclic amines) is 1. The third kappa shape index (κ3) is 4.78. The Balaban J connectivity index is 1.30. The number of aromatic hydroxyl groups is 1. The summed E-state index contributed by atoms with van der Waals surface area (Å²) < 4.78 is 13.8. The molecule has 8 rings (SSSR count). The lowest BCUT2D eigenvalue weighted by atomic mass is 9.49. The maximum atomic E-state index is 15.2. The molecule has 4 aliphatic rings. The van der Waals surface area contributed by atoms with Gasteiger partial charge in [-0.25, -0.2) is 4.39 Å². The largest absolute Gasteiger partial charge is 0.508 e. The Morgan fingerprint density at radius 2 is 1.60 bits per heavy atom. The highest BCUT2D eigenvalue weighted by Gasteiger charge is 2.70. The van der Waals surface area contributed by atoms with Crippen molar-refractivity contribution >= 4 is 40.9 Å². The molecular formula is C40H33ClFN3O5. The Morgan fingerprint density at radius 3 is 2.30 bits per heavy atom. The minimum Gasteiger partial charge on any atom is -0.508 e. The number of benzene rings is 4. The van der Waals surface area contributed by atoms with Crippen LogP contribution in [-0.4, -0.2) is 38.6 Å². The fraction of sp³-hybridized carbons (Fsp3) is 0.250. The van der Waals surface area contributed by atoms with Gasteiger partial charge in [0.05, 0.1) is 35.4 Å². The normalized spacial score (nSPS) is 27.2. The predicted molar refractivity (Wildman–Crippen MR) is 184 cm³/mol. The minimum absolute atomic E-state index is 0.0810. The Kier molecular flexibility index (Phi) is 7.64. The molecule has 0 radical (unpaired) electrons. The Labute approximate surface area is 293 Å². The summed E-state index contributed by atoms with van der Waals surface area (Å²) in [7, 11) is 0. The monoisotopic (exact) mass is 689 g/mol. The van der Waals surface area contributed by atoms with Gasteiger partial charge in [0.15, 0.2) is 0 Å². The third-order valence-corrected chi connectivity index (χ3v) is 11.3. The number of carbonyl (C=O) groups is 4. The molecule has 2 aliphatic heterocycles. The van der Waals surface area contributed by atoms with Crippen LogP contribution in [0.25, 0.3) is 0 Å². The highest BCUT2D eigenvalue weighted by atomic mass is 35.5. The fourth-order valence-corrected chi connectivity index (χ4v) is 9.00. The lowest BCUT2D eigenvalue weighted by molar-refractivity contribution is -0.142. The first-order chi connectivity index (χ1) is 24.1. The zero-order chi connectivity index (χ0) is 34.9. The van der Waals surface area contributed by atoms with Crippen molar-refractivity contribution in [3.05, 3.63) is 142 Å². The average molecular weight is 690 g/mol. The average Bonchev–Trinajstić information content (AvgIpc) is 3.48. The van der Waals surface area contributed by atoms with Crippen molar-refractivity contribution < 1.29 is 28.7 Å². The number of hydrogen-bond acceptors (Lipinski definition) is 6. The van der Waals surface area contributed by atoms with Crippen LogP contribution in [0.5, 0.6) is 5.75 Å². The van der Waals surface area contributed by atoms with Gasteiger partial charge in [0.2, 0.25) is 11.8 Å². The van der Waals surface area contributed by atoms with Crippen LogP contribution < -0.4 is 5.43 Å². The highest BCUT2D eigenvalue weighted by molar-refractivity contribution is 6.30. The molecule has 6 atom stereocenters. The van der Waals surface area contributed by atoms with Crippen molar-refractivity contribution in [2.24, 2.45) is 23.7 Å². The second kappa shape index (κ2) is 11.9. The number of carbonyl (C=O) groups excluding carboxylic acids is 4. The summed E-state index contributed by atoms with van der Waals surface area (Å²) in [6.07, 6.45) is 2.45. The molecule has 4 amide bonds. The van der Waals surface area contributed by atoms with E-state index in [9.17, 15) is 23.9 Å². The molecular weight excluding hydrogens is 657 g/mol. The van der Waals surface area contributed by atoms with Crippen LogP contribution in [0.4, 0.5) is 10.1 Å². The number of allylic oxidation sites excluding steroid dienone is 2. The van der Waals surface area contributed by atoms with Gasteiger partial charge in [-0.05, 0) is 90.4 Å². The number of halogens is 2. The van der Waals surface area contributed by atoms with Crippen molar-refractivity contribution in [1.29, 1.82) is 0 Å². The molecule has 2 aliphatic carbocycles. The van der Waals surface area contributed by atoms with Gasteiger partial charge in [-0.2, -0.15) is 5.01 Å². The number of hydrazine groups is 1. The molecule has 50 heavy (non-hydrogen) atoms. The molecule has 4 aromatic carbocycles. The number of fused-ring (bicyclic) bond motifs is 4. The minimum atomic E-state index is -1.48. The Morgan fingerprint density at radius 1 is 0.880 bits per heavy atom. The van der Waals surface area contributed by atoms with Crippen molar-refractivity contribution in [2.75, 3.05) is 5.43 Å². The number of nitrogens with zero attached hydrogens (tertiary/aromatic N) is 2. The molecule has 0 bridgehead atoms. The van der Waals surface area contributed by atoms with Gasteiger partial charge in [0, 0.05) is 10.9 Å². The Hall–Kier alpha value is -5.28. The van der Waals surface area contributed by atoms with E-state index >= 15 is 4.79 Å². The molecule has 4 aromatic rings. The molecule has 6 unspecified atom stereocenters. The number of nitrogens with one attached hydrogen (secondary N) is 1. The van der Waals surface area contributed by atoms with E-state index in [-0.39, 0.29) is 30.5 Å². The van der Waals surface area contributed by atoms with E-state index in [0.717, 1.165) is 16.1 Å². The molecule has 0 spiro atoms. The first-order valence-electron chi connectivity index (χ1n) is 16.6. The van der Waals surface area contributed by atoms with Crippen LogP contribution in [0, 0.1) is 36.4 Å². The van der Waals surface area contributed by atoms with Gasteiger partial charge in [-0.1, -0.05) is 77.8 Å². The highest BCUT2D eigenvalue weighted by Crippen LogP contribution is 2.64. The van der Waals surface area contributed by atoms with Crippen LogP contribution in [0.3, 0.4) is 0 Å². The second-order valence-corrected chi connectivity index (χ2v) is 14.1. The van der Waals surface area contributed by atoms with Crippen molar-refractivity contribution in [1.82, 2.24) is 9.91 Å². The van der Waals surface area contributed by atoms with E-state index < -0.39 is 52.6 Å². The zero-order valence-electron chi connectivity index (χ0n) is 27.1. The first-order valence-corrected chi connectivity index (χ1v) is 17.0. The number of phenolic OH excluding ortho intramolecular Hbond substituents is 1. The van der Waals surface area contributed by atoms with E-state index in [1.807, 2.05) is 42.5 Å². The summed E-state index contributed by atoms with van der Waals surface area (Å²) >= 11 is 6.35. The van der Waals surface area contributed by atoms with Crippen LogP contribution >= 0.6 is 11.6 Å². The van der Waals surface area contributed by atoms with E-state index in [4.69, 9.17) is 11.6 Å². The zero-order valence-corrected chi connectivity index (χ0v) is 27.8. The number of rotatable bonds is 6. The summed E-state index contributed by atoms with van der Waals surface area (Å²) in [5, 5.41) is 12.0. The number of anilines is 1. The van der Waals surface area contributed by atoms with E-state index in [1.165, 1.54) is 29.2 Å². The summed E-state index contributed by atoms with van der Waals surface area (Å²) in [5.41, 5.74) is 5.32. The third-order valence-electron chi connectivity index (χ3n) is 11.1. The number of amides is 4. The van der Waals surface area contributed by atoms with Crippen LogP contribution in [0.1, 0.15) is 41.0 Å². The van der Waals surface area contributed by atoms with E-state index in [1.54, 1.807) is 43.3 Å². The molecule has 0 aromatic heterocycles. The quantitative estimate of drug-likeness (QED) is 0.173. The molecule has 1 saturated carbocycles. The number of imide groups is 2. The molecule has 2 N–H and O–H groups in total. The van der Waals surface area contributed by atoms with Crippen LogP contribution in [-0.2, 0) is 31.1 Å². The van der Waals surface area contributed by atoms with Crippen molar-refractivity contribution in [3.63, 3.8) is 0 Å². The molecule has 2 saturated heterocycles. The van der Waals surface area contributed by atoms with Crippen LogP contribution in [0.15, 0.2) is 109 Å². The van der Waals surface area contributed by atoms with Gasteiger partial charge in [-0.3, -0.25) is 29.5 Å². The van der Waals surface area contributed by atoms with Gasteiger partial charge in [0.25, 0.3) is 11.8 Å². The van der Waals surface area contributed by atoms with E-state index in [2.05, 4.69) is 5.43 Å². The molecule has 10 heteroatoms. The fourth-order valence-electron chi connectivity index (χ4n) is 8.88. The van der Waals surface area contributed by atoms with Crippen LogP contribution in [0.2, 0.25) is 5.02 Å². The lowest BCUT2D eigenvalue weighted by Gasteiger charge is -2.50. The lowest BCUT2D eigenvalue weighted by Crippen LogP contribution is -2.53. The predicted octanol–water partition coefficient (Wildman–Crippen LogP) is 6.68. The van der Waals surface area contributed by atoms with Crippen molar-refractivity contribution in [2.45, 2.75) is 37.6 Å². The maximum Gasteiger partial charge on any atom is 0.260 e. The molecule has 2 heterocycles. The maximum absolute atomic E-state index is 15.2. The summed E-state index contributed by atoms with van der Waals surface area (Å²) in [5.74, 6) is -5.41. The summed E-state index contributed by atoms with van der Waals surface area (Å²) in [6.45, 7) is 1.92. The number of aryl methyl sites for hydroxylation is 1. The molecule has 252 valence electrons. The van der Waals surface area contributed by atoms with Gasteiger partial charge < -0.3 is 5.11 Å². The van der Waals surface area contributed by atoms with Gasteiger partial charge in [-0.15, -0.1) is 0 Å². The van der Waals surface area contributed by atoms with Gasteiger partial charge >= 0.3 is 0 Å². The number of hydrogen-bond donors (Lipinski definition) is 2. The van der Waals surface area contributed by atoms with Crippen molar-refractivity contribution in [3.8, 4) is 5.75 Å². The van der Waals surface area contributed by atoms with Gasteiger partial charge in [0.1, 0.15) is 11.6 Å². The number of phenols is 1. The second-order valence-electron chi connectivity index (χ2n) is 13.7. The summed E-state index contributed by atoms with van der Waals surface area (Å²) in [4.78, 5) is 59.4. The topological polar surface area (TPSA) is 107 Å². The Bertz CT molecular complexity index is 2090. The standard InChI is InChI=1S/C40H33ClFN3O5/c1-22-19-24(7-18-33(22)46)35-29-16-17-30-34(38(49)44(36(30)47)21-23-5-3-2-4-6-23)31(29)20-32-37(48)45(43-28-14-12-27(42)13-15-28)39(50)40(32,35)25-8-10-26(41)11-9-25/h2-16,18-19,30-32,34-35,43,46H,17,20-21H2,1H3. The molecule has 8 nitrogen and oxygen atoms in total. The van der Waals surface area contributed by atoms with E-state index in [0.29, 0.717) is 33.8 Å².